The van der Waals surface area contributed by atoms with Crippen molar-refractivity contribution in [1.29, 1.82) is 5.41 Å². The highest BCUT2D eigenvalue weighted by atomic mass is 16.3. The van der Waals surface area contributed by atoms with Crippen LogP contribution in [0.3, 0.4) is 0 Å². The van der Waals surface area contributed by atoms with Crippen LogP contribution in [0.15, 0.2) is 49.0 Å². The van der Waals surface area contributed by atoms with E-state index in [4.69, 9.17) is 5.41 Å². The van der Waals surface area contributed by atoms with E-state index in [-0.39, 0.29) is 5.75 Å². The zero-order valence-corrected chi connectivity index (χ0v) is 12.4. The van der Waals surface area contributed by atoms with E-state index in [0.717, 1.165) is 27.8 Å². The minimum atomic E-state index is 0.189. The number of phenolic OH excluding ortho intramolecular Hbond substituents is 1. The molecule has 2 aromatic carbocycles. The number of allylic oxidation sites excluding steroid dienone is 1. The summed E-state index contributed by atoms with van der Waals surface area (Å²) in [5.74, 6) is 0.189. The van der Waals surface area contributed by atoms with Crippen molar-refractivity contribution < 1.29 is 5.11 Å². The lowest BCUT2D eigenvalue weighted by molar-refractivity contribution is 0.474. The summed E-state index contributed by atoms with van der Waals surface area (Å²) in [5.41, 5.74) is 5.14. The molecule has 0 amide bonds. The maximum Gasteiger partial charge on any atom is 0.123 e. The molecule has 0 radical (unpaired) electrons. The second kappa shape index (κ2) is 6.23. The first kappa shape index (κ1) is 14.8. The van der Waals surface area contributed by atoms with Crippen LogP contribution in [0.4, 0.5) is 0 Å². The Labute approximate surface area is 125 Å². The maximum absolute atomic E-state index is 9.98. The normalized spacial score (nSPS) is 10.8. The summed E-state index contributed by atoms with van der Waals surface area (Å²) in [4.78, 5) is 0. The van der Waals surface area contributed by atoms with E-state index in [1.165, 1.54) is 0 Å². The van der Waals surface area contributed by atoms with Gasteiger partial charge in [0.2, 0.25) is 0 Å². The molecular weight excluding hydrogens is 258 g/mol. The van der Waals surface area contributed by atoms with Crippen molar-refractivity contribution in [3.05, 3.63) is 71.3 Å². The standard InChI is InChI=1S/C19H19NO/c1-13(2)16-7-4-15(5-8-16)6-9-17-10-11-18(14(3)20)12-19(17)21/h4-12,20-21H,1H2,2-3H3/b9-6+,20-14?. The van der Waals surface area contributed by atoms with Gasteiger partial charge >= 0.3 is 0 Å². The average Bonchev–Trinajstić information content (AvgIpc) is 2.46. The molecule has 0 aliphatic carbocycles. The van der Waals surface area contributed by atoms with Gasteiger partial charge in [-0.05, 0) is 36.6 Å². The number of benzene rings is 2. The third-order valence-corrected chi connectivity index (χ3v) is 3.32. The van der Waals surface area contributed by atoms with Crippen LogP contribution in [0.5, 0.6) is 5.75 Å². The Morgan fingerprint density at radius 1 is 1.00 bits per heavy atom. The summed E-state index contributed by atoms with van der Waals surface area (Å²) in [6.45, 7) is 7.60. The number of hydrogen-bond acceptors (Lipinski definition) is 2. The highest BCUT2D eigenvalue weighted by Crippen LogP contribution is 2.22. The van der Waals surface area contributed by atoms with Crippen molar-refractivity contribution in [3.63, 3.8) is 0 Å². The molecule has 2 N–H and O–H groups in total. The van der Waals surface area contributed by atoms with Crippen LogP contribution in [0.25, 0.3) is 17.7 Å². The Morgan fingerprint density at radius 2 is 1.62 bits per heavy atom. The summed E-state index contributed by atoms with van der Waals surface area (Å²) in [7, 11) is 0. The molecule has 2 aromatic rings. The van der Waals surface area contributed by atoms with Crippen LogP contribution in [0.2, 0.25) is 0 Å². The molecule has 0 saturated heterocycles. The molecule has 2 rings (SSSR count). The molecule has 0 spiro atoms. The minimum absolute atomic E-state index is 0.189. The van der Waals surface area contributed by atoms with Gasteiger partial charge in [0.15, 0.2) is 0 Å². The summed E-state index contributed by atoms with van der Waals surface area (Å²) in [6.07, 6.45) is 3.82. The fourth-order valence-electron chi connectivity index (χ4n) is 1.98. The highest BCUT2D eigenvalue weighted by molar-refractivity contribution is 5.97. The lowest BCUT2D eigenvalue weighted by atomic mass is 10.0. The fourth-order valence-corrected chi connectivity index (χ4v) is 1.98. The Morgan fingerprint density at radius 3 is 2.14 bits per heavy atom. The molecule has 0 heterocycles. The van der Waals surface area contributed by atoms with Gasteiger partial charge in [-0.2, -0.15) is 0 Å². The van der Waals surface area contributed by atoms with Crippen LogP contribution in [-0.2, 0) is 0 Å². The molecule has 2 heteroatoms. The molecule has 0 aromatic heterocycles. The third kappa shape index (κ3) is 3.69. The van der Waals surface area contributed by atoms with E-state index >= 15 is 0 Å². The molecule has 0 aliphatic rings. The Balaban J connectivity index is 2.21. The Hall–Kier alpha value is -2.61. The van der Waals surface area contributed by atoms with Crippen molar-refractivity contribution in [2.75, 3.05) is 0 Å². The van der Waals surface area contributed by atoms with E-state index in [2.05, 4.69) is 6.58 Å². The predicted octanol–water partition coefficient (Wildman–Crippen LogP) is 4.98. The molecule has 0 unspecified atom stereocenters. The van der Waals surface area contributed by atoms with Gasteiger partial charge in [-0.15, -0.1) is 0 Å². The SMILES string of the molecule is C=C(C)c1ccc(/C=C/c2ccc(C(C)=N)cc2O)cc1. The largest absolute Gasteiger partial charge is 0.507 e. The molecule has 0 saturated carbocycles. The molecule has 0 aliphatic heterocycles. The molecule has 0 bridgehead atoms. The van der Waals surface area contributed by atoms with Crippen molar-refractivity contribution in [2.45, 2.75) is 13.8 Å². The number of phenols is 1. The quantitative estimate of drug-likeness (QED) is 0.600. The maximum atomic E-state index is 9.98. The monoisotopic (exact) mass is 277 g/mol. The topological polar surface area (TPSA) is 44.1 Å². The van der Waals surface area contributed by atoms with Crippen molar-refractivity contribution >= 4 is 23.4 Å². The van der Waals surface area contributed by atoms with E-state index in [9.17, 15) is 5.11 Å². The van der Waals surface area contributed by atoms with E-state index in [1.807, 2.05) is 55.5 Å². The van der Waals surface area contributed by atoms with E-state index in [0.29, 0.717) is 5.71 Å². The van der Waals surface area contributed by atoms with E-state index < -0.39 is 0 Å². The van der Waals surface area contributed by atoms with Gasteiger partial charge < -0.3 is 10.5 Å². The highest BCUT2D eigenvalue weighted by Gasteiger charge is 2.01. The molecular formula is C19H19NO. The number of aromatic hydroxyl groups is 1. The Kier molecular flexibility index (Phi) is 4.39. The minimum Gasteiger partial charge on any atom is -0.507 e. The molecule has 0 atom stereocenters. The van der Waals surface area contributed by atoms with Crippen LogP contribution >= 0.6 is 0 Å². The van der Waals surface area contributed by atoms with Crippen molar-refractivity contribution in [2.24, 2.45) is 0 Å². The summed E-state index contributed by atoms with van der Waals surface area (Å²) in [6, 6.07) is 13.4. The van der Waals surface area contributed by atoms with Crippen LogP contribution in [-0.4, -0.2) is 10.8 Å². The molecule has 106 valence electrons. The van der Waals surface area contributed by atoms with Gasteiger partial charge in [-0.3, -0.25) is 0 Å². The number of rotatable bonds is 4. The van der Waals surface area contributed by atoms with Gasteiger partial charge in [-0.1, -0.05) is 60.7 Å². The lowest BCUT2D eigenvalue weighted by Crippen LogP contribution is -1.91. The van der Waals surface area contributed by atoms with Gasteiger partial charge in [0.05, 0.1) is 0 Å². The smallest absolute Gasteiger partial charge is 0.123 e. The first-order valence-corrected chi connectivity index (χ1v) is 6.80. The first-order valence-electron chi connectivity index (χ1n) is 6.80. The fraction of sp³-hybridized carbons (Fsp3) is 0.105. The summed E-state index contributed by atoms with van der Waals surface area (Å²) >= 11 is 0. The van der Waals surface area contributed by atoms with Crippen molar-refractivity contribution in [1.82, 2.24) is 0 Å². The van der Waals surface area contributed by atoms with Gasteiger partial charge in [0.25, 0.3) is 0 Å². The van der Waals surface area contributed by atoms with Gasteiger partial charge in [0, 0.05) is 11.3 Å². The summed E-state index contributed by atoms with van der Waals surface area (Å²) < 4.78 is 0. The van der Waals surface area contributed by atoms with Crippen molar-refractivity contribution in [3.8, 4) is 5.75 Å². The second-order valence-electron chi connectivity index (χ2n) is 5.13. The third-order valence-electron chi connectivity index (χ3n) is 3.32. The second-order valence-corrected chi connectivity index (χ2v) is 5.13. The lowest BCUT2D eigenvalue weighted by Gasteiger charge is -2.03. The molecule has 0 fully saturated rings. The van der Waals surface area contributed by atoms with Crippen LogP contribution in [0.1, 0.15) is 36.1 Å². The van der Waals surface area contributed by atoms with E-state index in [1.54, 1.807) is 13.0 Å². The number of nitrogens with one attached hydrogen (secondary N) is 1. The molecule has 2 nitrogen and oxygen atoms in total. The zero-order chi connectivity index (χ0) is 15.4. The Bertz CT molecular complexity index is 709. The number of hydrogen-bond donors (Lipinski definition) is 2. The van der Waals surface area contributed by atoms with Gasteiger partial charge in [0.1, 0.15) is 5.75 Å². The average molecular weight is 277 g/mol. The van der Waals surface area contributed by atoms with Crippen LogP contribution in [0, 0.1) is 5.41 Å². The summed E-state index contributed by atoms with van der Waals surface area (Å²) in [5, 5.41) is 17.5. The van der Waals surface area contributed by atoms with Gasteiger partial charge in [-0.25, -0.2) is 0 Å². The predicted molar refractivity (Wildman–Crippen MR) is 90.7 cm³/mol. The van der Waals surface area contributed by atoms with Crippen LogP contribution < -0.4 is 0 Å². The molecule has 21 heavy (non-hydrogen) atoms. The first-order chi connectivity index (χ1) is 9.97. The zero-order valence-electron chi connectivity index (χ0n) is 12.4.